The lowest BCUT2D eigenvalue weighted by molar-refractivity contribution is 0.831. The van der Waals surface area contributed by atoms with Crippen LogP contribution < -0.4 is 0 Å². The van der Waals surface area contributed by atoms with Gasteiger partial charge in [-0.3, -0.25) is 0 Å². The summed E-state index contributed by atoms with van der Waals surface area (Å²) in [5.74, 6) is 0.568. The van der Waals surface area contributed by atoms with Gasteiger partial charge in [0.15, 0.2) is 3.95 Å². The summed E-state index contributed by atoms with van der Waals surface area (Å²) >= 11 is 6.51. The molecule has 1 heterocycles. The van der Waals surface area contributed by atoms with Gasteiger partial charge in [0, 0.05) is 11.1 Å². The molecule has 1 N–H and O–H groups in total. The summed E-state index contributed by atoms with van der Waals surface area (Å²) in [6, 6.07) is 0. The zero-order valence-corrected chi connectivity index (χ0v) is 7.10. The summed E-state index contributed by atoms with van der Waals surface area (Å²) < 4.78 is 0.874. The average molecular weight is 159 g/mol. The Morgan fingerprint density at radius 2 is 2.33 bits per heavy atom. The number of hydrogen-bond acceptors (Lipinski definition) is 2. The Labute approximate surface area is 63.7 Å². The third-order valence-corrected chi connectivity index (χ3v) is 2.24. The van der Waals surface area contributed by atoms with Gasteiger partial charge in [-0.25, -0.2) is 0 Å². The number of thiazole rings is 1. The predicted octanol–water partition coefficient (Wildman–Crippen LogP) is 2.93. The summed E-state index contributed by atoms with van der Waals surface area (Å²) in [4.78, 5) is 3.11. The molecule has 0 fully saturated rings. The standard InChI is InChI=1S/C6H9NS2/c1-4(2)5-3-9-6(8)7-5/h3-4H,1-2H3,(H,7,8). The van der Waals surface area contributed by atoms with Crippen LogP contribution in [0.25, 0.3) is 0 Å². The average Bonchev–Trinajstić information content (AvgIpc) is 2.14. The molecular formula is C6H9NS2. The molecule has 0 radical (unpaired) electrons. The zero-order chi connectivity index (χ0) is 6.85. The highest BCUT2D eigenvalue weighted by molar-refractivity contribution is 7.73. The molecule has 0 aromatic carbocycles. The maximum atomic E-state index is 4.92. The minimum absolute atomic E-state index is 0.568. The second kappa shape index (κ2) is 2.62. The topological polar surface area (TPSA) is 15.8 Å². The van der Waals surface area contributed by atoms with Crippen molar-refractivity contribution in [2.75, 3.05) is 0 Å². The highest BCUT2D eigenvalue weighted by Crippen LogP contribution is 2.14. The lowest BCUT2D eigenvalue weighted by atomic mass is 10.2. The van der Waals surface area contributed by atoms with Gasteiger partial charge < -0.3 is 4.98 Å². The van der Waals surface area contributed by atoms with Gasteiger partial charge in [-0.1, -0.05) is 13.8 Å². The Morgan fingerprint density at radius 3 is 2.56 bits per heavy atom. The highest BCUT2D eigenvalue weighted by atomic mass is 32.1. The number of aromatic amines is 1. The Hall–Kier alpha value is -0.150. The lowest BCUT2D eigenvalue weighted by Crippen LogP contribution is -1.84. The molecule has 0 aliphatic rings. The van der Waals surface area contributed by atoms with Crippen LogP contribution in [0.2, 0.25) is 0 Å². The predicted molar refractivity (Wildman–Crippen MR) is 43.6 cm³/mol. The van der Waals surface area contributed by atoms with Crippen LogP contribution in [0.4, 0.5) is 0 Å². The molecule has 0 saturated carbocycles. The molecule has 0 aliphatic carbocycles. The molecule has 0 atom stereocenters. The molecule has 0 amide bonds. The van der Waals surface area contributed by atoms with Gasteiger partial charge in [-0.2, -0.15) is 0 Å². The normalized spacial score (nSPS) is 10.6. The number of aromatic nitrogens is 1. The Balaban J connectivity index is 2.98. The highest BCUT2D eigenvalue weighted by Gasteiger charge is 1.97. The van der Waals surface area contributed by atoms with Crippen molar-refractivity contribution in [3.05, 3.63) is 15.0 Å². The van der Waals surface area contributed by atoms with Crippen LogP contribution in [0.3, 0.4) is 0 Å². The molecule has 0 bridgehead atoms. The van der Waals surface area contributed by atoms with E-state index >= 15 is 0 Å². The van der Waals surface area contributed by atoms with E-state index in [-0.39, 0.29) is 0 Å². The first-order valence-electron chi connectivity index (χ1n) is 2.88. The van der Waals surface area contributed by atoms with E-state index < -0.39 is 0 Å². The molecule has 0 unspecified atom stereocenters. The molecule has 1 aromatic heterocycles. The van der Waals surface area contributed by atoms with Crippen molar-refractivity contribution in [2.24, 2.45) is 0 Å². The zero-order valence-electron chi connectivity index (χ0n) is 5.47. The number of H-pyrrole nitrogens is 1. The minimum Gasteiger partial charge on any atom is -0.341 e. The fraction of sp³-hybridized carbons (Fsp3) is 0.500. The molecule has 0 saturated heterocycles. The van der Waals surface area contributed by atoms with Crippen LogP contribution in [0, 0.1) is 3.95 Å². The smallest absolute Gasteiger partial charge is 0.158 e. The first-order chi connectivity index (χ1) is 4.20. The molecule has 1 aromatic rings. The van der Waals surface area contributed by atoms with Gasteiger partial charge in [0.2, 0.25) is 0 Å². The van der Waals surface area contributed by atoms with E-state index in [2.05, 4.69) is 24.2 Å². The first-order valence-corrected chi connectivity index (χ1v) is 4.16. The van der Waals surface area contributed by atoms with Gasteiger partial charge >= 0.3 is 0 Å². The summed E-state index contributed by atoms with van der Waals surface area (Å²) in [5.41, 5.74) is 1.24. The van der Waals surface area contributed by atoms with Crippen molar-refractivity contribution >= 4 is 23.6 Å². The molecule has 50 valence electrons. The van der Waals surface area contributed by atoms with Crippen molar-refractivity contribution in [3.63, 3.8) is 0 Å². The number of rotatable bonds is 1. The van der Waals surface area contributed by atoms with E-state index in [1.807, 2.05) is 0 Å². The van der Waals surface area contributed by atoms with Gasteiger partial charge in [-0.05, 0) is 18.1 Å². The fourth-order valence-electron chi connectivity index (χ4n) is 0.574. The third kappa shape index (κ3) is 1.63. The largest absolute Gasteiger partial charge is 0.341 e. The van der Waals surface area contributed by atoms with Crippen LogP contribution in [0.5, 0.6) is 0 Å². The van der Waals surface area contributed by atoms with Gasteiger partial charge in [-0.15, -0.1) is 11.3 Å². The van der Waals surface area contributed by atoms with Crippen molar-refractivity contribution in [1.82, 2.24) is 4.98 Å². The second-order valence-electron chi connectivity index (χ2n) is 2.26. The molecule has 1 nitrogen and oxygen atoms in total. The van der Waals surface area contributed by atoms with Crippen LogP contribution in [-0.2, 0) is 0 Å². The van der Waals surface area contributed by atoms with E-state index in [9.17, 15) is 0 Å². The summed E-state index contributed by atoms with van der Waals surface area (Å²) in [7, 11) is 0. The van der Waals surface area contributed by atoms with Crippen molar-refractivity contribution in [3.8, 4) is 0 Å². The quantitative estimate of drug-likeness (QED) is 0.623. The minimum atomic E-state index is 0.568. The summed E-state index contributed by atoms with van der Waals surface area (Å²) in [5, 5.41) is 2.08. The molecular weight excluding hydrogens is 150 g/mol. The second-order valence-corrected chi connectivity index (χ2v) is 3.80. The van der Waals surface area contributed by atoms with E-state index in [0.29, 0.717) is 5.92 Å². The number of nitrogens with one attached hydrogen (secondary N) is 1. The monoisotopic (exact) mass is 159 g/mol. The molecule has 1 rings (SSSR count). The Bertz CT molecular complexity index is 233. The van der Waals surface area contributed by atoms with Gasteiger partial charge in [0.05, 0.1) is 0 Å². The Morgan fingerprint density at radius 1 is 1.67 bits per heavy atom. The van der Waals surface area contributed by atoms with E-state index in [4.69, 9.17) is 12.2 Å². The SMILES string of the molecule is CC(C)c1csc(=S)[nH]1. The third-order valence-electron chi connectivity index (χ3n) is 1.16. The molecule has 9 heavy (non-hydrogen) atoms. The van der Waals surface area contributed by atoms with E-state index in [0.717, 1.165) is 3.95 Å². The lowest BCUT2D eigenvalue weighted by Gasteiger charge is -1.96. The van der Waals surface area contributed by atoms with Crippen molar-refractivity contribution < 1.29 is 0 Å². The van der Waals surface area contributed by atoms with Gasteiger partial charge in [0.1, 0.15) is 0 Å². The van der Waals surface area contributed by atoms with Crippen LogP contribution in [0.15, 0.2) is 5.38 Å². The van der Waals surface area contributed by atoms with Gasteiger partial charge in [0.25, 0.3) is 0 Å². The maximum absolute atomic E-state index is 4.92. The van der Waals surface area contributed by atoms with Crippen LogP contribution in [-0.4, -0.2) is 4.98 Å². The maximum Gasteiger partial charge on any atom is 0.158 e. The molecule has 0 spiro atoms. The fourth-order valence-corrected chi connectivity index (χ4v) is 1.58. The Kier molecular flexibility index (Phi) is 2.03. The van der Waals surface area contributed by atoms with Crippen LogP contribution in [0.1, 0.15) is 25.5 Å². The van der Waals surface area contributed by atoms with Crippen molar-refractivity contribution in [1.29, 1.82) is 0 Å². The van der Waals surface area contributed by atoms with Crippen molar-refractivity contribution in [2.45, 2.75) is 19.8 Å². The summed E-state index contributed by atoms with van der Waals surface area (Å²) in [6.45, 7) is 4.29. The van der Waals surface area contributed by atoms with E-state index in [1.54, 1.807) is 11.3 Å². The van der Waals surface area contributed by atoms with E-state index in [1.165, 1.54) is 5.69 Å². The first kappa shape index (κ1) is 6.96. The summed E-state index contributed by atoms with van der Waals surface area (Å²) in [6.07, 6.45) is 0. The molecule has 3 heteroatoms. The number of hydrogen-bond donors (Lipinski definition) is 1. The molecule has 0 aliphatic heterocycles. The van der Waals surface area contributed by atoms with Crippen LogP contribution >= 0.6 is 23.6 Å².